The Hall–Kier alpha value is -3.27. The predicted octanol–water partition coefficient (Wildman–Crippen LogP) is -16.5. The molecule has 0 aliphatic carbocycles. The van der Waals surface area contributed by atoms with Crippen molar-refractivity contribution in [2.45, 2.75) is 194 Å². The fraction of sp³-hybridized carbons (Fsp3) is 0.738. The SMILES string of the molecule is CCCCCCCC/C=C\CCCCCCCC(=O)NC.CCCCCCCC/C=C\CCCCCCCC(=O)NC.O=C([O-])CN(CCN(CC(=O)[O-])CC(=O)[O-])CCN(CC(=O)[O-])CC(=O)[O-].O=C([O-])CN(CCN(CC(=O)[O-])CC(=O)[O-])CCN(CC(=O)[O-])CC(=O)[O-].O=C([O-])CN(CCN(CC(=O)[O-])CC(=O)[O-])CCN(CC(=O)[O-])CC(=O)[O-].[Gd+3].[Gd+3].[Gd+3].[Gd+3].[Gd+3]. The molecule has 0 rings (SSSR count). The molecule has 48 heteroatoms. The second-order valence-corrected chi connectivity index (χ2v) is 28.7. The van der Waals surface area contributed by atoms with Gasteiger partial charge in [-0.2, -0.15) is 0 Å². The number of carbonyl (C=O) groups is 17. The molecule has 0 spiro atoms. The molecular formula is C80H128Gd5N11O32. The molecule has 43 nitrogen and oxygen atoms in total. The fourth-order valence-corrected chi connectivity index (χ4v) is 11.5. The van der Waals surface area contributed by atoms with Crippen molar-refractivity contribution in [1.29, 1.82) is 0 Å². The minimum absolute atomic E-state index is 0. The zero-order valence-corrected chi connectivity index (χ0v) is 84.9. The first-order valence-electron chi connectivity index (χ1n) is 41.3. The van der Waals surface area contributed by atoms with Crippen molar-refractivity contribution in [3.63, 3.8) is 0 Å². The zero-order chi connectivity index (χ0) is 94.1. The van der Waals surface area contributed by atoms with Gasteiger partial charge in [-0.15, -0.1) is 0 Å². The number of carboxylic acid groups (broad SMARTS) is 15. The van der Waals surface area contributed by atoms with Crippen LogP contribution in [0.1, 0.15) is 194 Å². The number of aliphatic carboxylic acids is 15. The van der Waals surface area contributed by atoms with E-state index in [1.54, 1.807) is 14.1 Å². The Morgan fingerprint density at radius 2 is 0.305 bits per heavy atom. The quantitative estimate of drug-likeness (QED) is 0.0422. The first kappa shape index (κ1) is 145. The number of carboxylic acids is 15. The van der Waals surface area contributed by atoms with Gasteiger partial charge in [0, 0.05) is 204 Å². The third kappa shape index (κ3) is 117. The van der Waals surface area contributed by atoms with Crippen LogP contribution in [0, 0.1) is 200 Å². The van der Waals surface area contributed by atoms with Gasteiger partial charge < -0.3 is 159 Å². The maximum atomic E-state index is 11.0. The van der Waals surface area contributed by atoms with Crippen molar-refractivity contribution < 1.29 is 358 Å². The molecule has 0 saturated heterocycles. The van der Waals surface area contributed by atoms with Crippen LogP contribution in [0.15, 0.2) is 24.3 Å². The second-order valence-electron chi connectivity index (χ2n) is 28.7. The first-order chi connectivity index (χ1) is 58.1. The molecule has 0 saturated carbocycles. The summed E-state index contributed by atoms with van der Waals surface area (Å²) in [5.41, 5.74) is 0. The molecule has 0 aromatic rings. The minimum atomic E-state index is -1.54. The summed E-state index contributed by atoms with van der Waals surface area (Å²) in [5, 5.41) is 165. The summed E-state index contributed by atoms with van der Waals surface area (Å²) < 4.78 is 0. The van der Waals surface area contributed by atoms with Gasteiger partial charge in [-0.3, -0.25) is 53.7 Å². The Kier molecular flexibility index (Phi) is 115. The van der Waals surface area contributed by atoms with E-state index in [2.05, 4.69) is 48.8 Å². The summed E-state index contributed by atoms with van der Waals surface area (Å²) >= 11 is 0. The molecule has 0 aromatic carbocycles. The molecule has 2 amide bonds. The van der Waals surface area contributed by atoms with Gasteiger partial charge in [0.2, 0.25) is 11.8 Å². The van der Waals surface area contributed by atoms with E-state index in [4.69, 9.17) is 0 Å². The molecule has 0 heterocycles. The number of hydrogen-bond acceptors (Lipinski definition) is 41. The van der Waals surface area contributed by atoms with Crippen molar-refractivity contribution in [2.24, 2.45) is 0 Å². The molecule has 0 aliphatic heterocycles. The van der Waals surface area contributed by atoms with Crippen LogP contribution < -0.4 is 87.2 Å². The number of carbonyl (C=O) groups excluding carboxylic acids is 17. The summed E-state index contributed by atoms with van der Waals surface area (Å²) in [5.74, 6) is -22.7. The standard InChI is InChI=1S/2C19H37NO.3C14H23N3O10.5Gd/c2*1-3-4-5-6-7-8-9-10-11-12-13-14-15-16-17-18-19(21)20-2;3*18-10(19)5-15(1-3-16(6-11(20)21)7-12(22)23)2-4-17(8-13(24)25)9-14(26)27;;;;;/h2*10-11H,3-9,12-18H2,1-2H3,(H,20,21);3*1-9H2,(H,18,19)(H,20,21)(H,22,23)(H,24,25)(H,26,27);;;;;/q;;;;;5*+3/p-15/b2*11-10-;;;;;;;;. The van der Waals surface area contributed by atoms with Gasteiger partial charge in [-0.05, 0) is 64.2 Å². The molecule has 2 N–H and O–H groups in total. The number of amides is 2. The van der Waals surface area contributed by atoms with Gasteiger partial charge in [0.25, 0.3) is 0 Å². The number of rotatable bonds is 78. The largest absolute Gasteiger partial charge is 3.00 e. The van der Waals surface area contributed by atoms with E-state index in [1.165, 1.54) is 169 Å². The molecular weight excluding hydrogens is 2410 g/mol. The molecule has 128 heavy (non-hydrogen) atoms. The van der Waals surface area contributed by atoms with Crippen molar-refractivity contribution >= 4 is 101 Å². The third-order valence-corrected chi connectivity index (χ3v) is 17.6. The molecule has 735 valence electrons. The van der Waals surface area contributed by atoms with Crippen LogP contribution in [0.2, 0.25) is 0 Å². The topological polar surface area (TPSA) is 689 Å². The first-order valence-corrected chi connectivity index (χ1v) is 41.3. The van der Waals surface area contributed by atoms with Crippen molar-refractivity contribution in [3.8, 4) is 0 Å². The Morgan fingerprint density at radius 3 is 0.438 bits per heavy atom. The maximum absolute atomic E-state index is 11.0. The van der Waals surface area contributed by atoms with Gasteiger partial charge in [0.15, 0.2) is 0 Å². The number of allylic oxidation sites excluding steroid dienone is 4. The van der Waals surface area contributed by atoms with E-state index in [0.29, 0.717) is 12.8 Å². The molecule has 0 bridgehead atoms. The Labute approximate surface area is 911 Å². The Balaban J connectivity index is -0.000000169. The van der Waals surface area contributed by atoms with Crippen LogP contribution in [0.3, 0.4) is 0 Å². The average Bonchev–Trinajstić information content (AvgIpc) is 0.928. The molecule has 0 aliphatic rings. The monoisotopic (exact) mass is 2540 g/mol. The fourth-order valence-electron chi connectivity index (χ4n) is 11.5. The van der Waals surface area contributed by atoms with Crippen LogP contribution in [0.25, 0.3) is 0 Å². The Bertz CT molecular complexity index is 2590. The smallest absolute Gasteiger partial charge is 0.549 e. The third-order valence-electron chi connectivity index (χ3n) is 17.6. The summed E-state index contributed by atoms with van der Waals surface area (Å²) in [7, 11) is 3.42. The number of nitrogens with one attached hydrogen (secondary N) is 2. The summed E-state index contributed by atoms with van der Waals surface area (Å²) in [6.45, 7) is -7.95. The summed E-state index contributed by atoms with van der Waals surface area (Å²) in [6, 6.07) is 0. The molecule has 0 fully saturated rings. The van der Waals surface area contributed by atoms with Crippen molar-refractivity contribution in [2.75, 3.05) is 191 Å². The van der Waals surface area contributed by atoms with E-state index in [9.17, 15) is 158 Å². The van der Waals surface area contributed by atoms with E-state index in [0.717, 1.165) is 42.2 Å². The van der Waals surface area contributed by atoms with Crippen LogP contribution in [-0.4, -0.2) is 336 Å². The second kappa shape index (κ2) is 101. The van der Waals surface area contributed by atoms with Crippen LogP contribution in [-0.2, 0) is 81.5 Å². The van der Waals surface area contributed by atoms with E-state index in [-0.39, 0.29) is 290 Å². The van der Waals surface area contributed by atoms with Gasteiger partial charge in [-0.25, -0.2) is 0 Å². The predicted molar refractivity (Wildman–Crippen MR) is 410 cm³/mol. The van der Waals surface area contributed by atoms with E-state index >= 15 is 0 Å². The number of nitrogens with zero attached hydrogens (tertiary/aromatic N) is 9. The Morgan fingerprint density at radius 1 is 0.188 bits per heavy atom. The molecule has 0 atom stereocenters. The van der Waals surface area contributed by atoms with Gasteiger partial charge in [-0.1, -0.05) is 141 Å². The zero-order valence-electron chi connectivity index (χ0n) is 73.6. The van der Waals surface area contributed by atoms with Gasteiger partial charge >= 0.3 is 200 Å². The van der Waals surface area contributed by atoms with Crippen LogP contribution in [0.4, 0.5) is 0 Å². The van der Waals surface area contributed by atoms with Crippen molar-refractivity contribution in [1.82, 2.24) is 54.7 Å². The number of unbranched alkanes of at least 4 members (excludes halogenated alkanes) is 22. The molecule has 0 unspecified atom stereocenters. The van der Waals surface area contributed by atoms with Gasteiger partial charge in [0.1, 0.15) is 0 Å². The van der Waals surface area contributed by atoms with Crippen LogP contribution >= 0.6 is 0 Å². The molecule has 5 radical (unpaired) electrons. The maximum Gasteiger partial charge on any atom is 3.00 e. The van der Waals surface area contributed by atoms with Gasteiger partial charge in [0.05, 0.1) is 89.5 Å². The summed E-state index contributed by atoms with van der Waals surface area (Å²) in [6.07, 6.45) is 44.6. The minimum Gasteiger partial charge on any atom is -0.549 e. The van der Waals surface area contributed by atoms with E-state index in [1.807, 2.05) is 0 Å². The normalized spacial score (nSPS) is 10.7. The van der Waals surface area contributed by atoms with Crippen molar-refractivity contribution in [3.05, 3.63) is 24.3 Å². The van der Waals surface area contributed by atoms with E-state index < -0.39 is 188 Å². The number of hydrogen-bond donors (Lipinski definition) is 2. The summed E-state index contributed by atoms with van der Waals surface area (Å²) in [4.78, 5) is 191. The molecule has 0 aromatic heterocycles. The van der Waals surface area contributed by atoms with Crippen LogP contribution in [0.5, 0.6) is 0 Å². The average molecular weight is 2540 g/mol.